The molecule has 0 aromatic heterocycles. The minimum Gasteiger partial charge on any atom is -0.511 e. The number of rotatable bonds is 6. The van der Waals surface area contributed by atoms with E-state index in [9.17, 15) is 15.0 Å². The summed E-state index contributed by atoms with van der Waals surface area (Å²) >= 11 is 1.29. The van der Waals surface area contributed by atoms with Crippen molar-refractivity contribution in [1.82, 2.24) is 0 Å². The van der Waals surface area contributed by atoms with Gasteiger partial charge >= 0.3 is 5.97 Å². The number of ether oxygens (including phenoxy) is 1. The van der Waals surface area contributed by atoms with Crippen molar-refractivity contribution in [2.45, 2.75) is 88.6 Å². The molecule has 4 rings (SSSR count). The first kappa shape index (κ1) is 25.5. The predicted octanol–water partition coefficient (Wildman–Crippen LogP) is 6.95. The summed E-state index contributed by atoms with van der Waals surface area (Å²) < 4.78 is 6.29. The third-order valence-electron chi connectivity index (χ3n) is 7.47. The summed E-state index contributed by atoms with van der Waals surface area (Å²) in [4.78, 5) is 14.6. The lowest BCUT2D eigenvalue weighted by atomic mass is 9.77. The zero-order valence-electron chi connectivity index (χ0n) is 21.2. The van der Waals surface area contributed by atoms with Crippen molar-refractivity contribution >= 4 is 23.4 Å². The smallest absolute Gasteiger partial charge is 0.349 e. The Morgan fingerprint density at radius 3 is 2.37 bits per heavy atom. The number of nitrogen functional groups attached to an aromatic ring is 1. The highest BCUT2D eigenvalue weighted by atomic mass is 32.2. The van der Waals surface area contributed by atoms with E-state index in [0.717, 1.165) is 53.0 Å². The zero-order chi connectivity index (χ0) is 25.4. The molecule has 5 nitrogen and oxygen atoms in total. The molecule has 0 unspecified atom stereocenters. The molecule has 6 heteroatoms. The van der Waals surface area contributed by atoms with E-state index in [1.807, 2.05) is 31.2 Å². The first-order valence-corrected chi connectivity index (χ1v) is 13.3. The van der Waals surface area contributed by atoms with Gasteiger partial charge in [0.2, 0.25) is 0 Å². The number of nitrogens with two attached hydrogens (primary N) is 1. The maximum atomic E-state index is 13.4. The van der Waals surface area contributed by atoms with Crippen LogP contribution >= 0.6 is 11.8 Å². The van der Waals surface area contributed by atoms with Gasteiger partial charge in [-0.15, -0.1) is 0 Å². The van der Waals surface area contributed by atoms with E-state index in [1.54, 1.807) is 12.1 Å². The Morgan fingerprint density at radius 1 is 1.11 bits per heavy atom. The number of carbonyl (C=O) groups excluding carboxylic acids is 1. The number of benzene rings is 2. The molecule has 2 aromatic rings. The number of anilines is 1. The first-order valence-electron chi connectivity index (χ1n) is 12.5. The van der Waals surface area contributed by atoms with Crippen LogP contribution in [-0.2, 0) is 21.4 Å². The lowest BCUT2D eigenvalue weighted by Crippen LogP contribution is -2.45. The van der Waals surface area contributed by atoms with Crippen molar-refractivity contribution in [1.29, 1.82) is 0 Å². The van der Waals surface area contributed by atoms with Crippen molar-refractivity contribution in [2.75, 3.05) is 5.73 Å². The monoisotopic (exact) mass is 495 g/mol. The van der Waals surface area contributed by atoms with Gasteiger partial charge in [0.25, 0.3) is 0 Å². The molecule has 1 aliphatic heterocycles. The summed E-state index contributed by atoms with van der Waals surface area (Å²) in [5.74, 6) is 0.156. The Bertz CT molecular complexity index is 1130. The summed E-state index contributed by atoms with van der Waals surface area (Å²) in [6.07, 6.45) is 5.94. The van der Waals surface area contributed by atoms with Gasteiger partial charge in [-0.05, 0) is 84.9 Å². The highest BCUT2D eigenvalue weighted by Crippen LogP contribution is 2.49. The third-order valence-corrected chi connectivity index (χ3v) is 8.63. The van der Waals surface area contributed by atoms with Gasteiger partial charge in [-0.25, -0.2) is 4.79 Å². The van der Waals surface area contributed by atoms with Crippen LogP contribution in [0.3, 0.4) is 0 Å². The number of aryl methyl sites for hydroxylation is 2. The number of thioether (sulfide) groups is 1. The Hall–Kier alpha value is -2.60. The molecule has 4 N–H and O–H groups in total. The summed E-state index contributed by atoms with van der Waals surface area (Å²) in [7, 11) is 0. The van der Waals surface area contributed by atoms with E-state index in [4.69, 9.17) is 10.5 Å². The minimum atomic E-state index is -0.705. The van der Waals surface area contributed by atoms with Gasteiger partial charge in [0, 0.05) is 17.0 Å². The molecule has 188 valence electrons. The highest BCUT2D eigenvalue weighted by Gasteiger charge is 2.48. The van der Waals surface area contributed by atoms with Gasteiger partial charge in [-0.1, -0.05) is 57.5 Å². The number of esters is 1. The maximum Gasteiger partial charge on any atom is 0.349 e. The second-order valence-electron chi connectivity index (χ2n) is 11.1. The summed E-state index contributed by atoms with van der Waals surface area (Å²) in [6, 6.07) is 11.1. The number of aliphatic hydroxyl groups is 1. The number of phenols is 1. The molecule has 1 atom stereocenters. The second-order valence-corrected chi connectivity index (χ2v) is 12.2. The van der Waals surface area contributed by atoms with Gasteiger partial charge < -0.3 is 20.7 Å². The summed E-state index contributed by atoms with van der Waals surface area (Å²) in [5, 5.41) is 20.8. The number of aliphatic hydroxyl groups excluding tert-OH is 1. The highest BCUT2D eigenvalue weighted by molar-refractivity contribution is 8.04. The van der Waals surface area contributed by atoms with Crippen LogP contribution in [0.2, 0.25) is 0 Å². The van der Waals surface area contributed by atoms with Crippen LogP contribution in [0.15, 0.2) is 52.0 Å². The number of carbonyl (C=O) groups is 1. The average molecular weight is 496 g/mol. The molecular weight excluding hydrogens is 458 g/mol. The molecule has 1 aliphatic carbocycles. The fourth-order valence-electron chi connectivity index (χ4n) is 5.37. The number of hydrogen-bond acceptors (Lipinski definition) is 6. The Labute approximate surface area is 212 Å². The molecule has 35 heavy (non-hydrogen) atoms. The van der Waals surface area contributed by atoms with Crippen molar-refractivity contribution in [3.8, 4) is 5.75 Å². The van der Waals surface area contributed by atoms with E-state index < -0.39 is 11.6 Å². The molecule has 0 bridgehead atoms. The largest absolute Gasteiger partial charge is 0.511 e. The van der Waals surface area contributed by atoms with Crippen LogP contribution in [0.25, 0.3) is 0 Å². The molecule has 1 saturated carbocycles. The number of cyclic esters (lactones) is 1. The van der Waals surface area contributed by atoms with Crippen molar-refractivity contribution < 1.29 is 19.7 Å². The summed E-state index contributed by atoms with van der Waals surface area (Å²) in [6.45, 7) is 8.29. The van der Waals surface area contributed by atoms with E-state index >= 15 is 0 Å². The van der Waals surface area contributed by atoms with E-state index in [1.165, 1.54) is 11.8 Å². The van der Waals surface area contributed by atoms with Crippen LogP contribution < -0.4 is 5.73 Å². The third kappa shape index (κ3) is 5.48. The van der Waals surface area contributed by atoms with Crippen molar-refractivity contribution in [2.24, 2.45) is 5.92 Å². The zero-order valence-corrected chi connectivity index (χ0v) is 22.0. The second kappa shape index (κ2) is 9.81. The van der Waals surface area contributed by atoms with Gasteiger partial charge in [0.1, 0.15) is 22.0 Å². The fourth-order valence-corrected chi connectivity index (χ4v) is 6.62. The number of phenolic OH excluding ortho intramolecular Hbond substituents is 1. The minimum absolute atomic E-state index is 0.123. The SMILES string of the molecule is Cc1cc(SC2=C(O)C[C@](CCc3ccc(O)cc3)(C3CCCC3)OC2=O)c(C(C)(C)C)cc1N. The van der Waals surface area contributed by atoms with Crippen LogP contribution in [-0.4, -0.2) is 21.8 Å². The number of hydrogen-bond donors (Lipinski definition) is 3. The quantitative estimate of drug-likeness (QED) is 0.297. The Morgan fingerprint density at radius 2 is 1.77 bits per heavy atom. The Balaban J connectivity index is 1.64. The molecule has 0 spiro atoms. The topological polar surface area (TPSA) is 92.8 Å². The molecule has 0 saturated heterocycles. The molecule has 2 aromatic carbocycles. The van der Waals surface area contributed by atoms with Crippen LogP contribution in [0.4, 0.5) is 5.69 Å². The lowest BCUT2D eigenvalue weighted by Gasteiger charge is -2.41. The number of aromatic hydroxyl groups is 1. The van der Waals surface area contributed by atoms with Crippen molar-refractivity contribution in [3.63, 3.8) is 0 Å². The van der Waals surface area contributed by atoms with Gasteiger partial charge in [-0.3, -0.25) is 0 Å². The lowest BCUT2D eigenvalue weighted by molar-refractivity contribution is -0.166. The Kier molecular flexibility index (Phi) is 7.14. The van der Waals surface area contributed by atoms with Gasteiger partial charge in [0.15, 0.2) is 0 Å². The summed E-state index contributed by atoms with van der Waals surface area (Å²) in [5.41, 5.74) is 9.10. The molecular formula is C29H37NO4S. The molecule has 2 aliphatic rings. The van der Waals surface area contributed by atoms with E-state index in [-0.39, 0.29) is 27.7 Å². The molecule has 1 heterocycles. The molecule has 0 amide bonds. The first-order chi connectivity index (χ1) is 16.5. The molecule has 0 radical (unpaired) electrons. The molecule has 1 fully saturated rings. The van der Waals surface area contributed by atoms with Gasteiger partial charge in [-0.2, -0.15) is 0 Å². The maximum absolute atomic E-state index is 13.4. The van der Waals surface area contributed by atoms with Gasteiger partial charge in [0.05, 0.1) is 0 Å². The van der Waals surface area contributed by atoms with Crippen LogP contribution in [0.1, 0.15) is 76.0 Å². The normalized spacial score (nSPS) is 21.4. The standard InChI is InChI=1S/C29H37NO4S/c1-18-15-25(22(16-23(18)30)28(2,3)4)35-26-24(32)17-29(34-27(26)33,20-7-5-6-8-20)14-13-19-9-11-21(31)12-10-19/h9-12,15-16,20,31-32H,5-8,13-14,17,30H2,1-4H3/t29-/m1/s1. The van der Waals surface area contributed by atoms with E-state index in [2.05, 4.69) is 20.8 Å². The van der Waals surface area contributed by atoms with Crippen molar-refractivity contribution in [3.05, 3.63) is 63.8 Å². The predicted molar refractivity (Wildman–Crippen MR) is 142 cm³/mol. The average Bonchev–Trinajstić information content (AvgIpc) is 3.33. The van der Waals surface area contributed by atoms with Crippen LogP contribution in [0, 0.1) is 12.8 Å². The van der Waals surface area contributed by atoms with E-state index in [0.29, 0.717) is 19.3 Å². The van der Waals surface area contributed by atoms with Crippen LogP contribution in [0.5, 0.6) is 5.75 Å². The fraction of sp³-hybridized carbons (Fsp3) is 0.483.